The highest BCUT2D eigenvalue weighted by molar-refractivity contribution is 7.85. The van der Waals surface area contributed by atoms with Crippen LogP contribution in [0.3, 0.4) is 0 Å². The minimum atomic E-state index is -4.16. The lowest BCUT2D eigenvalue weighted by Crippen LogP contribution is -2.22. The van der Waals surface area contributed by atoms with Crippen molar-refractivity contribution in [2.45, 2.75) is 19.0 Å². The minimum Gasteiger partial charge on any atom is -0.169 e. The molecule has 0 nitrogen and oxygen atoms in total. The predicted octanol–water partition coefficient (Wildman–Crippen LogP) is 2.22. The fourth-order valence-corrected chi connectivity index (χ4v) is 0.925. The van der Waals surface area contributed by atoms with Gasteiger partial charge in [0.2, 0.25) is 0 Å². The van der Waals surface area contributed by atoms with Crippen LogP contribution in [0.2, 0.25) is 0 Å². The van der Waals surface area contributed by atoms with Gasteiger partial charge in [-0.2, -0.15) is 13.2 Å². The van der Waals surface area contributed by atoms with Crippen LogP contribution in [-0.2, 0) is 0 Å². The Bertz CT molecular complexity index is 191. The molecule has 1 fully saturated rings. The zero-order valence-corrected chi connectivity index (χ0v) is 5.89. The van der Waals surface area contributed by atoms with Crippen LogP contribution in [0, 0.1) is 16.6 Å². The first-order valence-electron chi connectivity index (χ1n) is 2.75. The second-order valence-electron chi connectivity index (χ2n) is 2.32. The van der Waals surface area contributed by atoms with E-state index in [-0.39, 0.29) is 12.8 Å². The Labute approximate surface area is 62.2 Å². The van der Waals surface area contributed by atoms with E-state index in [9.17, 15) is 13.2 Å². The van der Waals surface area contributed by atoms with Gasteiger partial charge in [0, 0.05) is 0 Å². The van der Waals surface area contributed by atoms with E-state index in [4.69, 9.17) is 0 Å². The van der Waals surface area contributed by atoms with Crippen LogP contribution in [0.25, 0.3) is 0 Å². The standard InChI is InChI=1S/C6H5F3S/c7-6(8,9)5(1-2-5)3-4-10/h10H,1-2H2. The molecule has 0 unspecified atom stereocenters. The zero-order chi connectivity index (χ0) is 7.83. The summed E-state index contributed by atoms with van der Waals surface area (Å²) in [6.07, 6.45) is -3.91. The number of hydrogen-bond acceptors (Lipinski definition) is 1. The maximum atomic E-state index is 11.9. The van der Waals surface area contributed by atoms with Crippen molar-refractivity contribution in [3.8, 4) is 11.2 Å². The van der Waals surface area contributed by atoms with Gasteiger partial charge in [-0.1, -0.05) is 18.5 Å². The molecular formula is C6H5F3S. The van der Waals surface area contributed by atoms with E-state index in [1.165, 1.54) is 0 Å². The highest BCUT2D eigenvalue weighted by Crippen LogP contribution is 2.57. The van der Waals surface area contributed by atoms with Crippen molar-refractivity contribution < 1.29 is 13.2 Å². The maximum absolute atomic E-state index is 11.9. The first-order valence-corrected chi connectivity index (χ1v) is 3.19. The molecule has 0 N–H and O–H groups in total. The molecule has 0 bridgehead atoms. The van der Waals surface area contributed by atoms with Gasteiger partial charge in [-0.15, -0.1) is 0 Å². The highest BCUT2D eigenvalue weighted by atomic mass is 32.1. The van der Waals surface area contributed by atoms with Crippen molar-refractivity contribution in [1.82, 2.24) is 0 Å². The van der Waals surface area contributed by atoms with Crippen molar-refractivity contribution in [2.75, 3.05) is 0 Å². The summed E-state index contributed by atoms with van der Waals surface area (Å²) in [4.78, 5) is 0. The fraction of sp³-hybridized carbons (Fsp3) is 0.667. The van der Waals surface area contributed by atoms with Crippen LogP contribution in [0.15, 0.2) is 0 Å². The minimum absolute atomic E-state index is 0.129. The third kappa shape index (κ3) is 1.10. The zero-order valence-electron chi connectivity index (χ0n) is 5.00. The molecular weight excluding hydrogens is 161 g/mol. The first-order chi connectivity index (χ1) is 4.52. The molecule has 4 heteroatoms. The molecule has 0 aromatic heterocycles. The molecule has 0 saturated heterocycles. The van der Waals surface area contributed by atoms with Crippen LogP contribution >= 0.6 is 12.6 Å². The van der Waals surface area contributed by atoms with Crippen molar-refractivity contribution in [3.63, 3.8) is 0 Å². The Balaban J connectivity index is 2.76. The molecule has 0 atom stereocenters. The third-order valence-corrected chi connectivity index (χ3v) is 1.70. The van der Waals surface area contributed by atoms with Crippen LogP contribution in [-0.4, -0.2) is 6.18 Å². The summed E-state index contributed by atoms with van der Waals surface area (Å²) in [5.74, 6) is 2.06. The summed E-state index contributed by atoms with van der Waals surface area (Å²) >= 11 is 3.42. The van der Waals surface area contributed by atoms with Crippen molar-refractivity contribution in [1.29, 1.82) is 0 Å². The van der Waals surface area contributed by atoms with E-state index in [0.29, 0.717) is 0 Å². The predicted molar refractivity (Wildman–Crippen MR) is 34.5 cm³/mol. The topological polar surface area (TPSA) is 0 Å². The molecule has 1 rings (SSSR count). The van der Waals surface area contributed by atoms with Gasteiger partial charge in [0.25, 0.3) is 0 Å². The van der Waals surface area contributed by atoms with Gasteiger partial charge in [-0.3, -0.25) is 0 Å². The molecule has 10 heavy (non-hydrogen) atoms. The van der Waals surface area contributed by atoms with Crippen molar-refractivity contribution >= 4 is 12.6 Å². The Morgan fingerprint density at radius 1 is 1.30 bits per heavy atom. The number of halogens is 3. The Morgan fingerprint density at radius 3 is 1.90 bits per heavy atom. The number of alkyl halides is 3. The second kappa shape index (κ2) is 2.09. The SMILES string of the molecule is FC(F)(F)C1(C#CS)CC1. The molecule has 0 amide bonds. The summed E-state index contributed by atoms with van der Waals surface area (Å²) in [6, 6.07) is 0. The quantitative estimate of drug-likeness (QED) is 0.414. The summed E-state index contributed by atoms with van der Waals surface area (Å²) in [6.45, 7) is 0. The van der Waals surface area contributed by atoms with Gasteiger partial charge in [-0.05, 0) is 18.1 Å². The van der Waals surface area contributed by atoms with E-state index in [1.807, 2.05) is 5.25 Å². The molecule has 0 spiro atoms. The van der Waals surface area contributed by atoms with Gasteiger partial charge in [0.15, 0.2) is 0 Å². The van der Waals surface area contributed by atoms with Crippen LogP contribution in [0.5, 0.6) is 0 Å². The Morgan fingerprint density at radius 2 is 1.80 bits per heavy atom. The van der Waals surface area contributed by atoms with Gasteiger partial charge in [0.05, 0.1) is 0 Å². The fourth-order valence-electron chi connectivity index (χ4n) is 0.711. The molecule has 1 saturated carbocycles. The number of hydrogen-bond donors (Lipinski definition) is 1. The smallest absolute Gasteiger partial charge is 0.169 e. The summed E-state index contributed by atoms with van der Waals surface area (Å²) in [7, 11) is 0. The van der Waals surface area contributed by atoms with E-state index < -0.39 is 11.6 Å². The first kappa shape index (κ1) is 7.80. The second-order valence-corrected chi connectivity index (χ2v) is 2.54. The van der Waals surface area contributed by atoms with Crippen LogP contribution < -0.4 is 0 Å². The summed E-state index contributed by atoms with van der Waals surface area (Å²) in [5.41, 5.74) is -1.70. The lowest BCUT2D eigenvalue weighted by molar-refractivity contribution is -0.168. The maximum Gasteiger partial charge on any atom is 0.405 e. The van der Waals surface area contributed by atoms with E-state index in [2.05, 4.69) is 18.5 Å². The normalized spacial score (nSPS) is 21.2. The molecule has 0 aliphatic heterocycles. The summed E-state index contributed by atoms with van der Waals surface area (Å²) in [5, 5.41) is 2.00. The van der Waals surface area contributed by atoms with E-state index in [1.54, 1.807) is 0 Å². The third-order valence-electron chi connectivity index (χ3n) is 1.59. The molecule has 0 aromatic carbocycles. The Hall–Kier alpha value is -0.300. The van der Waals surface area contributed by atoms with Crippen LogP contribution in [0.4, 0.5) is 13.2 Å². The van der Waals surface area contributed by atoms with E-state index >= 15 is 0 Å². The van der Waals surface area contributed by atoms with Gasteiger partial charge < -0.3 is 0 Å². The van der Waals surface area contributed by atoms with Crippen LogP contribution in [0.1, 0.15) is 12.8 Å². The molecule has 56 valence electrons. The molecule has 1 aliphatic carbocycles. The van der Waals surface area contributed by atoms with Crippen molar-refractivity contribution in [2.24, 2.45) is 5.41 Å². The summed E-state index contributed by atoms with van der Waals surface area (Å²) < 4.78 is 35.8. The molecule has 0 radical (unpaired) electrons. The number of rotatable bonds is 0. The van der Waals surface area contributed by atoms with Gasteiger partial charge in [0.1, 0.15) is 5.41 Å². The highest BCUT2D eigenvalue weighted by Gasteiger charge is 2.62. The Kier molecular flexibility index (Phi) is 1.63. The lowest BCUT2D eigenvalue weighted by atomic mass is 10.1. The van der Waals surface area contributed by atoms with E-state index in [0.717, 1.165) is 0 Å². The average Bonchev–Trinajstić information content (AvgIpc) is 2.45. The lowest BCUT2D eigenvalue weighted by Gasteiger charge is -2.11. The molecule has 0 heterocycles. The molecule has 0 aromatic rings. The largest absolute Gasteiger partial charge is 0.405 e. The van der Waals surface area contributed by atoms with Gasteiger partial charge in [-0.25, -0.2) is 0 Å². The average molecular weight is 166 g/mol. The van der Waals surface area contributed by atoms with Crippen molar-refractivity contribution in [3.05, 3.63) is 0 Å². The number of thiol groups is 1. The molecule has 1 aliphatic rings. The monoisotopic (exact) mass is 166 g/mol. The van der Waals surface area contributed by atoms with Gasteiger partial charge >= 0.3 is 6.18 Å².